The van der Waals surface area contributed by atoms with Crippen LogP contribution < -0.4 is 16.6 Å². The van der Waals surface area contributed by atoms with E-state index in [1.165, 1.54) is 0 Å². The van der Waals surface area contributed by atoms with E-state index in [0.29, 0.717) is 16.9 Å². The van der Waals surface area contributed by atoms with Gasteiger partial charge in [0, 0.05) is 11.6 Å². The number of nitrogens with one attached hydrogen (secondary N) is 2. The zero-order valence-electron chi connectivity index (χ0n) is 9.60. The SMILES string of the molecule is Cc1nc2ncccc2cc1C(=O)NNC(N)=S. The molecule has 0 fully saturated rings. The molecule has 2 rings (SSSR count). The number of carbonyl (C=O) groups excluding carboxylic acids is 1. The van der Waals surface area contributed by atoms with E-state index >= 15 is 0 Å². The number of aromatic nitrogens is 2. The molecule has 0 saturated carbocycles. The molecular weight excluding hydrogens is 250 g/mol. The monoisotopic (exact) mass is 261 g/mol. The van der Waals surface area contributed by atoms with E-state index in [4.69, 9.17) is 5.73 Å². The largest absolute Gasteiger partial charge is 0.375 e. The summed E-state index contributed by atoms with van der Waals surface area (Å²) in [5.74, 6) is -0.349. The number of pyridine rings is 2. The number of amides is 1. The van der Waals surface area contributed by atoms with Gasteiger partial charge in [-0.2, -0.15) is 0 Å². The Balaban J connectivity index is 2.35. The van der Waals surface area contributed by atoms with E-state index in [-0.39, 0.29) is 11.0 Å². The highest BCUT2D eigenvalue weighted by Crippen LogP contribution is 2.13. The molecule has 0 aliphatic heterocycles. The maximum absolute atomic E-state index is 11.9. The van der Waals surface area contributed by atoms with Gasteiger partial charge in [0.1, 0.15) is 0 Å². The third-order valence-electron chi connectivity index (χ3n) is 2.32. The lowest BCUT2D eigenvalue weighted by molar-refractivity contribution is 0.0943. The average molecular weight is 261 g/mol. The molecule has 0 aliphatic rings. The van der Waals surface area contributed by atoms with Crippen molar-refractivity contribution in [2.24, 2.45) is 5.73 Å². The van der Waals surface area contributed by atoms with Gasteiger partial charge in [0.15, 0.2) is 10.8 Å². The Morgan fingerprint density at radius 2 is 2.22 bits per heavy atom. The van der Waals surface area contributed by atoms with Crippen molar-refractivity contribution in [3.05, 3.63) is 35.7 Å². The summed E-state index contributed by atoms with van der Waals surface area (Å²) in [6.45, 7) is 1.74. The first-order valence-corrected chi connectivity index (χ1v) is 5.57. The lowest BCUT2D eigenvalue weighted by atomic mass is 10.1. The van der Waals surface area contributed by atoms with Gasteiger partial charge < -0.3 is 5.73 Å². The second-order valence-electron chi connectivity index (χ2n) is 3.61. The summed E-state index contributed by atoms with van der Waals surface area (Å²) in [5, 5.41) is 0.792. The van der Waals surface area contributed by atoms with Crippen LogP contribution >= 0.6 is 12.2 Å². The first-order valence-electron chi connectivity index (χ1n) is 5.16. The van der Waals surface area contributed by atoms with E-state index in [1.807, 2.05) is 6.07 Å². The molecule has 2 heterocycles. The van der Waals surface area contributed by atoms with Gasteiger partial charge in [-0.15, -0.1) is 0 Å². The zero-order chi connectivity index (χ0) is 13.1. The summed E-state index contributed by atoms with van der Waals surface area (Å²) in [7, 11) is 0. The molecule has 0 spiro atoms. The summed E-state index contributed by atoms with van der Waals surface area (Å²) < 4.78 is 0. The third kappa shape index (κ3) is 2.51. The molecule has 0 aliphatic carbocycles. The quantitative estimate of drug-likeness (QED) is 0.509. The number of fused-ring (bicyclic) bond motifs is 1. The molecule has 2 aromatic heterocycles. The molecule has 0 saturated heterocycles. The Kier molecular flexibility index (Phi) is 3.33. The minimum Gasteiger partial charge on any atom is -0.375 e. The summed E-state index contributed by atoms with van der Waals surface area (Å²) in [6.07, 6.45) is 1.66. The molecule has 0 aromatic carbocycles. The average Bonchev–Trinajstić information content (AvgIpc) is 2.35. The fourth-order valence-electron chi connectivity index (χ4n) is 1.51. The highest BCUT2D eigenvalue weighted by molar-refractivity contribution is 7.80. The third-order valence-corrected chi connectivity index (χ3v) is 2.43. The van der Waals surface area contributed by atoms with Crippen LogP contribution in [0, 0.1) is 6.92 Å². The number of rotatable bonds is 1. The van der Waals surface area contributed by atoms with E-state index in [9.17, 15) is 4.79 Å². The van der Waals surface area contributed by atoms with Gasteiger partial charge in [-0.1, -0.05) is 0 Å². The van der Waals surface area contributed by atoms with Crippen molar-refractivity contribution in [1.82, 2.24) is 20.8 Å². The van der Waals surface area contributed by atoms with Crippen LogP contribution in [0.1, 0.15) is 16.1 Å². The van der Waals surface area contributed by atoms with Gasteiger partial charge in [0.2, 0.25) is 0 Å². The number of hydrogen-bond donors (Lipinski definition) is 3. The second kappa shape index (κ2) is 4.92. The number of nitrogens with two attached hydrogens (primary N) is 1. The van der Waals surface area contributed by atoms with Crippen LogP contribution in [0.2, 0.25) is 0 Å². The van der Waals surface area contributed by atoms with E-state index in [0.717, 1.165) is 5.39 Å². The predicted octanol–water partition coefficient (Wildman–Crippen LogP) is 0.416. The molecular formula is C11H11N5OS. The number of thiocarbonyl (C=S) groups is 1. The molecule has 18 heavy (non-hydrogen) atoms. The van der Waals surface area contributed by atoms with Crippen LogP contribution in [0.25, 0.3) is 11.0 Å². The number of hydrazine groups is 1. The van der Waals surface area contributed by atoms with Crippen molar-refractivity contribution < 1.29 is 4.79 Å². The smallest absolute Gasteiger partial charge is 0.271 e. The topological polar surface area (TPSA) is 92.9 Å². The minimum absolute atomic E-state index is 0.00332. The lowest BCUT2D eigenvalue weighted by Crippen LogP contribution is -2.44. The van der Waals surface area contributed by atoms with E-state index < -0.39 is 0 Å². The number of carbonyl (C=O) groups is 1. The van der Waals surface area contributed by atoms with Crippen LogP contribution in [0.3, 0.4) is 0 Å². The minimum atomic E-state index is -0.349. The van der Waals surface area contributed by atoms with Gasteiger partial charge in [0.25, 0.3) is 5.91 Å². The maximum Gasteiger partial charge on any atom is 0.271 e. The van der Waals surface area contributed by atoms with Crippen molar-refractivity contribution in [3.8, 4) is 0 Å². The Morgan fingerprint density at radius 1 is 1.44 bits per heavy atom. The van der Waals surface area contributed by atoms with Gasteiger partial charge in [-0.05, 0) is 37.3 Å². The van der Waals surface area contributed by atoms with Gasteiger partial charge in [-0.3, -0.25) is 15.6 Å². The molecule has 92 valence electrons. The lowest BCUT2D eigenvalue weighted by Gasteiger charge is -2.08. The molecule has 6 nitrogen and oxygen atoms in total. The molecule has 4 N–H and O–H groups in total. The fourth-order valence-corrected chi connectivity index (χ4v) is 1.56. The van der Waals surface area contributed by atoms with E-state index in [1.54, 1.807) is 25.3 Å². The first kappa shape index (κ1) is 12.2. The molecule has 0 unspecified atom stereocenters. The number of hydrogen-bond acceptors (Lipinski definition) is 4. The van der Waals surface area contributed by atoms with Crippen molar-refractivity contribution in [2.75, 3.05) is 0 Å². The summed E-state index contributed by atoms with van der Waals surface area (Å²) in [5.41, 5.74) is 11.6. The highest BCUT2D eigenvalue weighted by Gasteiger charge is 2.11. The van der Waals surface area contributed by atoms with Crippen molar-refractivity contribution in [2.45, 2.75) is 6.92 Å². The van der Waals surface area contributed by atoms with Gasteiger partial charge in [-0.25, -0.2) is 9.97 Å². The molecule has 1 amide bonds. The fraction of sp³-hybridized carbons (Fsp3) is 0.0909. The summed E-state index contributed by atoms with van der Waals surface area (Å²) in [6, 6.07) is 5.35. The Labute approximate surface area is 109 Å². The van der Waals surface area contributed by atoms with Crippen LogP contribution in [0.5, 0.6) is 0 Å². The zero-order valence-corrected chi connectivity index (χ0v) is 10.4. The Morgan fingerprint density at radius 3 is 2.94 bits per heavy atom. The van der Waals surface area contributed by atoms with Crippen LogP contribution in [-0.2, 0) is 0 Å². The molecule has 7 heteroatoms. The Hall–Kier alpha value is -2.28. The van der Waals surface area contributed by atoms with Gasteiger partial charge in [0.05, 0.1) is 11.3 Å². The number of nitrogens with zero attached hydrogens (tertiary/aromatic N) is 2. The van der Waals surface area contributed by atoms with Crippen molar-refractivity contribution >= 4 is 34.3 Å². The molecule has 2 aromatic rings. The van der Waals surface area contributed by atoms with Crippen LogP contribution in [0.15, 0.2) is 24.4 Å². The molecule has 0 bridgehead atoms. The van der Waals surface area contributed by atoms with Crippen molar-refractivity contribution in [3.63, 3.8) is 0 Å². The summed E-state index contributed by atoms with van der Waals surface area (Å²) in [4.78, 5) is 20.2. The standard InChI is InChI=1S/C11H11N5OS/c1-6-8(10(17)15-16-11(12)18)5-7-3-2-4-13-9(7)14-6/h2-5H,1H3,(H,15,17)(H3,12,16,18). The number of aryl methyl sites for hydroxylation is 1. The second-order valence-corrected chi connectivity index (χ2v) is 4.05. The normalized spacial score (nSPS) is 10.1. The summed E-state index contributed by atoms with van der Waals surface area (Å²) >= 11 is 4.60. The highest BCUT2D eigenvalue weighted by atomic mass is 32.1. The maximum atomic E-state index is 11.9. The van der Waals surface area contributed by atoms with Gasteiger partial charge >= 0.3 is 0 Å². The molecule has 0 radical (unpaired) electrons. The van der Waals surface area contributed by atoms with Crippen LogP contribution in [-0.4, -0.2) is 21.0 Å². The Bertz CT molecular complexity index is 628. The van der Waals surface area contributed by atoms with Crippen molar-refractivity contribution in [1.29, 1.82) is 0 Å². The predicted molar refractivity (Wildman–Crippen MR) is 71.7 cm³/mol. The first-order chi connectivity index (χ1) is 8.58. The molecule has 0 atom stereocenters. The van der Waals surface area contributed by atoms with Crippen LogP contribution in [0.4, 0.5) is 0 Å². The van der Waals surface area contributed by atoms with E-state index in [2.05, 4.69) is 33.0 Å².